The van der Waals surface area contributed by atoms with Gasteiger partial charge in [-0.1, -0.05) is 35.0 Å². The molecular formula is C19H15ClF3N3O3. The van der Waals surface area contributed by atoms with Gasteiger partial charge in [-0.3, -0.25) is 4.79 Å². The third-order valence-corrected chi connectivity index (χ3v) is 4.18. The molecule has 0 unspecified atom stereocenters. The van der Waals surface area contributed by atoms with E-state index in [1.54, 1.807) is 37.3 Å². The van der Waals surface area contributed by atoms with Gasteiger partial charge in [0.25, 0.3) is 5.91 Å². The lowest BCUT2D eigenvalue weighted by Crippen LogP contribution is -2.24. The lowest BCUT2D eigenvalue weighted by Gasteiger charge is -2.10. The first-order chi connectivity index (χ1) is 13.7. The van der Waals surface area contributed by atoms with Gasteiger partial charge >= 0.3 is 6.18 Å². The number of pyridine rings is 1. The quantitative estimate of drug-likeness (QED) is 0.626. The highest BCUT2D eigenvalue weighted by Crippen LogP contribution is 2.31. The molecule has 0 radical (unpaired) electrons. The van der Waals surface area contributed by atoms with Gasteiger partial charge in [0, 0.05) is 24.4 Å². The van der Waals surface area contributed by atoms with Gasteiger partial charge in [-0.05, 0) is 24.6 Å². The van der Waals surface area contributed by atoms with Crippen LogP contribution in [0.15, 0.2) is 47.1 Å². The number of hydrogen-bond donors (Lipinski definition) is 1. The normalized spacial score (nSPS) is 11.3. The van der Waals surface area contributed by atoms with Gasteiger partial charge in [0.2, 0.25) is 5.88 Å². The smallest absolute Gasteiger partial charge is 0.422 e. The topological polar surface area (TPSA) is 77.3 Å². The Morgan fingerprint density at radius 2 is 2.03 bits per heavy atom. The van der Waals surface area contributed by atoms with Crippen molar-refractivity contribution in [3.8, 4) is 17.1 Å². The van der Waals surface area contributed by atoms with Crippen molar-refractivity contribution in [2.75, 3.05) is 6.61 Å². The molecule has 0 atom stereocenters. The van der Waals surface area contributed by atoms with Crippen LogP contribution in [0.3, 0.4) is 0 Å². The number of benzene rings is 1. The third-order valence-electron chi connectivity index (χ3n) is 3.85. The van der Waals surface area contributed by atoms with Gasteiger partial charge in [0.15, 0.2) is 6.61 Å². The average Bonchev–Trinajstić information content (AvgIpc) is 3.06. The molecule has 0 aliphatic carbocycles. The first-order valence-electron chi connectivity index (χ1n) is 8.38. The number of alkyl halides is 3. The van der Waals surface area contributed by atoms with E-state index in [-0.39, 0.29) is 18.0 Å². The van der Waals surface area contributed by atoms with Gasteiger partial charge < -0.3 is 14.6 Å². The summed E-state index contributed by atoms with van der Waals surface area (Å²) in [5.41, 5.74) is 1.58. The average molecular weight is 426 g/mol. The number of carbonyl (C=O) groups excluding carboxylic acids is 1. The summed E-state index contributed by atoms with van der Waals surface area (Å²) in [4.78, 5) is 16.4. The van der Waals surface area contributed by atoms with Gasteiger partial charge in [0.1, 0.15) is 17.0 Å². The standard InChI is InChI=1S/C19H15ClF3N3O3/c1-11-16(17(26-29-11)13-4-2-3-5-14(13)20)18(27)25-9-12-6-7-24-15(8-12)28-10-19(21,22)23/h2-8H,9-10H2,1H3,(H,25,27). The largest absolute Gasteiger partial charge is 0.468 e. The second kappa shape index (κ2) is 8.52. The molecule has 3 rings (SSSR count). The van der Waals surface area contributed by atoms with E-state index >= 15 is 0 Å². The first-order valence-corrected chi connectivity index (χ1v) is 8.76. The summed E-state index contributed by atoms with van der Waals surface area (Å²) in [7, 11) is 0. The molecular weight excluding hydrogens is 411 g/mol. The number of halogens is 4. The van der Waals surface area contributed by atoms with Crippen LogP contribution in [-0.2, 0) is 6.54 Å². The molecule has 1 N–H and O–H groups in total. The molecule has 6 nitrogen and oxygen atoms in total. The SMILES string of the molecule is Cc1onc(-c2ccccc2Cl)c1C(=O)NCc1ccnc(OCC(F)(F)F)c1. The van der Waals surface area contributed by atoms with Crippen LogP contribution in [0, 0.1) is 6.92 Å². The zero-order chi connectivity index (χ0) is 21.0. The predicted molar refractivity (Wildman–Crippen MR) is 98.6 cm³/mol. The zero-order valence-electron chi connectivity index (χ0n) is 15.1. The number of nitrogens with one attached hydrogen (secondary N) is 1. The maximum Gasteiger partial charge on any atom is 0.422 e. The van der Waals surface area contributed by atoms with E-state index in [0.717, 1.165) is 0 Å². The fraction of sp³-hybridized carbons (Fsp3) is 0.211. The van der Waals surface area contributed by atoms with E-state index in [2.05, 4.69) is 20.2 Å². The molecule has 0 aliphatic rings. The number of aryl methyl sites for hydroxylation is 1. The highest BCUT2D eigenvalue weighted by Gasteiger charge is 2.28. The van der Waals surface area contributed by atoms with Crippen LogP contribution >= 0.6 is 11.6 Å². The van der Waals surface area contributed by atoms with Crippen LogP contribution < -0.4 is 10.1 Å². The van der Waals surface area contributed by atoms with Crippen molar-refractivity contribution >= 4 is 17.5 Å². The Bertz CT molecular complexity index is 1020. The Balaban J connectivity index is 1.73. The van der Waals surface area contributed by atoms with Crippen LogP contribution in [-0.4, -0.2) is 28.8 Å². The lowest BCUT2D eigenvalue weighted by molar-refractivity contribution is -0.154. The fourth-order valence-corrected chi connectivity index (χ4v) is 2.77. The molecule has 3 aromatic rings. The van der Waals surface area contributed by atoms with Gasteiger partial charge in [0.05, 0.1) is 5.02 Å². The lowest BCUT2D eigenvalue weighted by atomic mass is 10.1. The summed E-state index contributed by atoms with van der Waals surface area (Å²) in [5, 5.41) is 7.02. The molecule has 1 amide bonds. The molecule has 0 saturated heterocycles. The summed E-state index contributed by atoms with van der Waals surface area (Å²) in [6, 6.07) is 9.76. The number of nitrogens with zero attached hydrogens (tertiary/aromatic N) is 2. The second-order valence-corrected chi connectivity index (χ2v) is 6.44. The van der Waals surface area contributed by atoms with E-state index in [4.69, 9.17) is 16.1 Å². The van der Waals surface area contributed by atoms with Crippen LogP contribution in [0.1, 0.15) is 21.7 Å². The zero-order valence-corrected chi connectivity index (χ0v) is 15.8. The van der Waals surface area contributed by atoms with Crippen LogP contribution in [0.2, 0.25) is 5.02 Å². The van der Waals surface area contributed by atoms with Crippen molar-refractivity contribution in [2.45, 2.75) is 19.6 Å². The van der Waals surface area contributed by atoms with E-state index in [9.17, 15) is 18.0 Å². The maximum absolute atomic E-state index is 12.7. The summed E-state index contributed by atoms with van der Waals surface area (Å²) < 4.78 is 46.6. The molecule has 152 valence electrons. The summed E-state index contributed by atoms with van der Waals surface area (Å²) in [6.07, 6.45) is -3.17. The Morgan fingerprint density at radius 1 is 1.28 bits per heavy atom. The number of aromatic nitrogens is 2. The summed E-state index contributed by atoms with van der Waals surface area (Å²) in [6.45, 7) is 0.185. The van der Waals surface area contributed by atoms with E-state index in [1.807, 2.05) is 0 Å². The Kier molecular flexibility index (Phi) is 6.07. The van der Waals surface area contributed by atoms with Crippen molar-refractivity contribution < 1.29 is 27.2 Å². The Morgan fingerprint density at radius 3 is 2.76 bits per heavy atom. The Labute approximate surface area is 168 Å². The van der Waals surface area contributed by atoms with Gasteiger partial charge in [-0.15, -0.1) is 0 Å². The van der Waals surface area contributed by atoms with Crippen LogP contribution in [0.25, 0.3) is 11.3 Å². The van der Waals surface area contributed by atoms with Gasteiger partial charge in [-0.25, -0.2) is 4.98 Å². The molecule has 0 aliphatic heterocycles. The molecule has 0 fully saturated rings. The molecule has 10 heteroatoms. The third kappa shape index (κ3) is 5.26. The van der Waals surface area contributed by atoms with Gasteiger partial charge in [-0.2, -0.15) is 13.2 Å². The van der Waals surface area contributed by atoms with Crippen molar-refractivity contribution in [1.82, 2.24) is 15.5 Å². The minimum Gasteiger partial charge on any atom is -0.468 e. The molecule has 1 aromatic carbocycles. The molecule has 2 heterocycles. The van der Waals surface area contributed by atoms with Crippen LogP contribution in [0.4, 0.5) is 13.2 Å². The monoisotopic (exact) mass is 425 g/mol. The molecule has 2 aromatic heterocycles. The van der Waals surface area contributed by atoms with Crippen molar-refractivity contribution in [1.29, 1.82) is 0 Å². The van der Waals surface area contributed by atoms with Crippen LogP contribution in [0.5, 0.6) is 5.88 Å². The van der Waals surface area contributed by atoms with Crippen molar-refractivity contribution in [3.63, 3.8) is 0 Å². The predicted octanol–water partition coefficient (Wildman–Crippen LogP) is 4.57. The van der Waals surface area contributed by atoms with E-state index in [0.29, 0.717) is 27.6 Å². The number of rotatable bonds is 6. The Hall–Kier alpha value is -3.07. The number of amides is 1. The number of ether oxygens (including phenoxy) is 1. The highest BCUT2D eigenvalue weighted by atomic mass is 35.5. The minimum absolute atomic E-state index is 0.0380. The molecule has 0 saturated carbocycles. The van der Waals surface area contributed by atoms with Crippen molar-refractivity contribution in [3.05, 3.63) is 64.5 Å². The number of carbonyl (C=O) groups is 1. The van der Waals surface area contributed by atoms with E-state index < -0.39 is 18.7 Å². The summed E-state index contributed by atoms with van der Waals surface area (Å²) >= 11 is 6.18. The summed E-state index contributed by atoms with van der Waals surface area (Å²) in [5.74, 6) is -0.346. The fourth-order valence-electron chi connectivity index (χ4n) is 2.54. The second-order valence-electron chi connectivity index (χ2n) is 6.03. The minimum atomic E-state index is -4.47. The molecule has 29 heavy (non-hydrogen) atoms. The maximum atomic E-state index is 12.7. The molecule has 0 spiro atoms. The molecule has 0 bridgehead atoms. The first kappa shape index (κ1) is 20.7. The van der Waals surface area contributed by atoms with E-state index in [1.165, 1.54) is 12.3 Å². The number of hydrogen-bond acceptors (Lipinski definition) is 5. The highest BCUT2D eigenvalue weighted by molar-refractivity contribution is 6.33. The van der Waals surface area contributed by atoms with Crippen molar-refractivity contribution in [2.24, 2.45) is 0 Å².